The van der Waals surface area contributed by atoms with Gasteiger partial charge >= 0.3 is 0 Å². The van der Waals surface area contributed by atoms with E-state index in [1.54, 1.807) is 35.6 Å². The van der Waals surface area contributed by atoms with Crippen LogP contribution in [0.4, 0.5) is 5.69 Å². The van der Waals surface area contributed by atoms with E-state index in [-0.39, 0.29) is 24.2 Å². The highest BCUT2D eigenvalue weighted by molar-refractivity contribution is 7.10. The molecular weight excluding hydrogens is 370 g/mol. The summed E-state index contributed by atoms with van der Waals surface area (Å²) in [7, 11) is 0. The minimum absolute atomic E-state index is 0. The number of carbonyl (C=O) groups excluding carboxylic acids is 2. The van der Waals surface area contributed by atoms with Gasteiger partial charge in [0.1, 0.15) is 6.04 Å². The predicted octanol–water partition coefficient (Wildman–Crippen LogP) is 3.24. The molecule has 0 bridgehead atoms. The van der Waals surface area contributed by atoms with Gasteiger partial charge in [0.15, 0.2) is 0 Å². The van der Waals surface area contributed by atoms with E-state index in [1.165, 1.54) is 10.4 Å². The molecule has 1 aliphatic rings. The Kier molecular flexibility index (Phi) is 7.06. The maximum atomic E-state index is 12.9. The zero-order valence-corrected chi connectivity index (χ0v) is 16.4. The summed E-state index contributed by atoms with van der Waals surface area (Å²) in [6.07, 6.45) is 2.34. The first-order valence-corrected chi connectivity index (χ1v) is 9.47. The number of nitrogens with one attached hydrogen (secondary N) is 1. The van der Waals surface area contributed by atoms with Gasteiger partial charge in [-0.15, -0.1) is 23.7 Å². The molecule has 1 aliphatic heterocycles. The van der Waals surface area contributed by atoms with Crippen LogP contribution in [0.1, 0.15) is 40.6 Å². The summed E-state index contributed by atoms with van der Waals surface area (Å²) in [6.45, 7) is 3.35. The van der Waals surface area contributed by atoms with E-state index in [1.807, 2.05) is 11.8 Å². The molecule has 0 aliphatic carbocycles. The number of benzene rings is 1. The molecule has 0 radical (unpaired) electrons. The monoisotopic (exact) mass is 393 g/mol. The Balaban J connectivity index is 0.00000243. The van der Waals surface area contributed by atoms with Gasteiger partial charge in [-0.3, -0.25) is 9.59 Å². The van der Waals surface area contributed by atoms with Crippen LogP contribution in [0.5, 0.6) is 0 Å². The highest BCUT2D eigenvalue weighted by Gasteiger charge is 2.28. The van der Waals surface area contributed by atoms with Crippen molar-refractivity contribution in [3.05, 3.63) is 51.7 Å². The first kappa shape index (κ1) is 20.3. The molecule has 0 fully saturated rings. The maximum absolute atomic E-state index is 12.9. The standard InChI is InChI=1S/C19H23N3O2S.ClH/c1-2-4-16(21-18(23)13-5-3-6-15(20)11-13)19(24)22-9-7-17-14(12-22)8-10-25-17;/h3,5-6,8,10-11,16H,2,4,7,9,12,20H2,1H3,(H,21,23);1H. The van der Waals surface area contributed by atoms with E-state index in [0.717, 1.165) is 12.8 Å². The predicted molar refractivity (Wildman–Crippen MR) is 108 cm³/mol. The maximum Gasteiger partial charge on any atom is 0.252 e. The summed E-state index contributed by atoms with van der Waals surface area (Å²) >= 11 is 1.75. The number of anilines is 1. The molecule has 7 heteroatoms. The first-order valence-electron chi connectivity index (χ1n) is 8.59. The molecule has 2 amide bonds. The van der Waals surface area contributed by atoms with Gasteiger partial charge in [0.2, 0.25) is 5.91 Å². The van der Waals surface area contributed by atoms with E-state index in [4.69, 9.17) is 5.73 Å². The Labute approximate surface area is 164 Å². The SMILES string of the molecule is CCCC(NC(=O)c1cccc(N)c1)C(=O)N1CCc2sccc2C1.Cl. The number of nitrogen functional groups attached to an aromatic ring is 1. The molecule has 140 valence electrons. The summed E-state index contributed by atoms with van der Waals surface area (Å²) in [5.41, 5.74) is 7.98. The average molecular weight is 394 g/mol. The average Bonchev–Trinajstić information content (AvgIpc) is 3.08. The zero-order chi connectivity index (χ0) is 17.8. The van der Waals surface area contributed by atoms with E-state index < -0.39 is 6.04 Å². The first-order chi connectivity index (χ1) is 12.1. The molecule has 1 aromatic heterocycles. The van der Waals surface area contributed by atoms with Gasteiger partial charge in [-0.2, -0.15) is 0 Å². The second-order valence-corrected chi connectivity index (χ2v) is 7.32. The highest BCUT2D eigenvalue weighted by Crippen LogP contribution is 2.24. The van der Waals surface area contributed by atoms with E-state index >= 15 is 0 Å². The molecule has 3 rings (SSSR count). The zero-order valence-electron chi connectivity index (χ0n) is 14.7. The van der Waals surface area contributed by atoms with Gasteiger partial charge in [-0.25, -0.2) is 0 Å². The molecule has 1 unspecified atom stereocenters. The molecule has 0 spiro atoms. The number of hydrogen-bond acceptors (Lipinski definition) is 4. The third kappa shape index (κ3) is 4.56. The summed E-state index contributed by atoms with van der Waals surface area (Å²) in [6, 6.07) is 8.39. The largest absolute Gasteiger partial charge is 0.399 e. The van der Waals surface area contributed by atoms with Crippen LogP contribution in [0.15, 0.2) is 35.7 Å². The van der Waals surface area contributed by atoms with Crippen molar-refractivity contribution < 1.29 is 9.59 Å². The van der Waals surface area contributed by atoms with Crippen LogP contribution in [0.25, 0.3) is 0 Å². The minimum atomic E-state index is -0.501. The van der Waals surface area contributed by atoms with Crippen molar-refractivity contribution in [2.24, 2.45) is 0 Å². The number of fused-ring (bicyclic) bond motifs is 1. The summed E-state index contributed by atoms with van der Waals surface area (Å²) < 4.78 is 0. The van der Waals surface area contributed by atoms with Crippen LogP contribution in [-0.4, -0.2) is 29.3 Å². The fourth-order valence-corrected chi connectivity index (χ4v) is 4.01. The molecular formula is C19H24ClN3O2S. The van der Waals surface area contributed by atoms with Crippen molar-refractivity contribution in [2.75, 3.05) is 12.3 Å². The van der Waals surface area contributed by atoms with Crippen molar-refractivity contribution in [3.8, 4) is 0 Å². The van der Waals surface area contributed by atoms with Crippen molar-refractivity contribution in [1.82, 2.24) is 10.2 Å². The van der Waals surface area contributed by atoms with Gasteiger partial charge in [0, 0.05) is 29.2 Å². The lowest BCUT2D eigenvalue weighted by molar-refractivity contribution is -0.134. The van der Waals surface area contributed by atoms with Crippen LogP contribution in [0.2, 0.25) is 0 Å². The van der Waals surface area contributed by atoms with E-state index in [9.17, 15) is 9.59 Å². The van der Waals surface area contributed by atoms with Crippen molar-refractivity contribution in [2.45, 2.75) is 38.8 Å². The third-order valence-corrected chi connectivity index (χ3v) is 5.47. The van der Waals surface area contributed by atoms with Crippen LogP contribution >= 0.6 is 23.7 Å². The Morgan fingerprint density at radius 2 is 2.15 bits per heavy atom. The van der Waals surface area contributed by atoms with Crippen molar-refractivity contribution >= 4 is 41.2 Å². The topological polar surface area (TPSA) is 75.4 Å². The number of amides is 2. The number of carbonyl (C=O) groups is 2. The molecule has 2 aromatic rings. The molecule has 0 saturated carbocycles. The quantitative estimate of drug-likeness (QED) is 0.765. The molecule has 3 N–H and O–H groups in total. The normalized spacial score (nSPS) is 14.1. The van der Waals surface area contributed by atoms with Crippen molar-refractivity contribution in [3.63, 3.8) is 0 Å². The number of halogens is 1. The summed E-state index contributed by atoms with van der Waals surface area (Å²) in [4.78, 5) is 28.7. The van der Waals surface area contributed by atoms with Crippen LogP contribution in [-0.2, 0) is 17.8 Å². The van der Waals surface area contributed by atoms with E-state index in [2.05, 4.69) is 16.8 Å². The van der Waals surface area contributed by atoms with Gasteiger partial charge in [-0.05, 0) is 48.1 Å². The molecule has 0 saturated heterocycles. The van der Waals surface area contributed by atoms with Crippen LogP contribution in [0.3, 0.4) is 0 Å². The van der Waals surface area contributed by atoms with Gasteiger partial charge in [0.25, 0.3) is 5.91 Å². The number of nitrogens with two attached hydrogens (primary N) is 1. The Hall–Kier alpha value is -2.05. The van der Waals surface area contributed by atoms with Gasteiger partial charge in [-0.1, -0.05) is 19.4 Å². The lowest BCUT2D eigenvalue weighted by atomic mass is 10.1. The number of rotatable bonds is 5. The second-order valence-electron chi connectivity index (χ2n) is 6.32. The van der Waals surface area contributed by atoms with Crippen molar-refractivity contribution in [1.29, 1.82) is 0 Å². The molecule has 1 aromatic carbocycles. The lowest BCUT2D eigenvalue weighted by Crippen LogP contribution is -2.49. The smallest absolute Gasteiger partial charge is 0.252 e. The fourth-order valence-electron chi connectivity index (χ4n) is 3.12. The number of hydrogen-bond donors (Lipinski definition) is 2. The molecule has 2 heterocycles. The molecule has 1 atom stereocenters. The fraction of sp³-hybridized carbons (Fsp3) is 0.368. The Morgan fingerprint density at radius 3 is 2.88 bits per heavy atom. The number of thiophene rings is 1. The Morgan fingerprint density at radius 1 is 1.35 bits per heavy atom. The van der Waals surface area contributed by atoms with Gasteiger partial charge in [0.05, 0.1) is 0 Å². The van der Waals surface area contributed by atoms with Crippen LogP contribution in [0, 0.1) is 0 Å². The lowest BCUT2D eigenvalue weighted by Gasteiger charge is -2.31. The van der Waals surface area contributed by atoms with E-state index in [0.29, 0.717) is 30.8 Å². The third-order valence-electron chi connectivity index (χ3n) is 4.45. The highest BCUT2D eigenvalue weighted by atomic mass is 35.5. The minimum Gasteiger partial charge on any atom is -0.399 e. The molecule has 26 heavy (non-hydrogen) atoms. The second kappa shape index (κ2) is 9.05. The Bertz CT molecular complexity index is 778. The summed E-state index contributed by atoms with van der Waals surface area (Å²) in [5, 5.41) is 4.97. The number of nitrogens with zero attached hydrogens (tertiary/aromatic N) is 1. The van der Waals surface area contributed by atoms with Gasteiger partial charge < -0.3 is 16.0 Å². The molecule has 5 nitrogen and oxygen atoms in total. The summed E-state index contributed by atoms with van der Waals surface area (Å²) in [5.74, 6) is -0.261. The van der Waals surface area contributed by atoms with Crippen LogP contribution < -0.4 is 11.1 Å².